The van der Waals surface area contributed by atoms with Crippen LogP contribution in [0.4, 0.5) is 5.69 Å². The molecule has 0 saturated heterocycles. The molecular formula is C17H10BrClN2O3. The van der Waals surface area contributed by atoms with Crippen LogP contribution in [0.5, 0.6) is 11.5 Å². The van der Waals surface area contributed by atoms with Gasteiger partial charge in [-0.25, -0.2) is 0 Å². The van der Waals surface area contributed by atoms with E-state index < -0.39 is 5.91 Å². The number of ether oxygens (including phenoxy) is 2. The molecule has 1 heterocycles. The highest BCUT2D eigenvalue weighted by Gasteiger charge is 2.17. The van der Waals surface area contributed by atoms with Gasteiger partial charge < -0.3 is 14.8 Å². The Morgan fingerprint density at radius 1 is 1.29 bits per heavy atom. The summed E-state index contributed by atoms with van der Waals surface area (Å²) in [6.45, 7) is 0.148. The van der Waals surface area contributed by atoms with E-state index in [1.54, 1.807) is 36.4 Å². The molecule has 0 spiro atoms. The number of hydrogen-bond donors (Lipinski definition) is 1. The average molecular weight is 406 g/mol. The zero-order chi connectivity index (χ0) is 17.1. The van der Waals surface area contributed by atoms with Crippen molar-refractivity contribution in [2.75, 3.05) is 12.1 Å². The lowest BCUT2D eigenvalue weighted by atomic mass is 10.1. The first-order chi connectivity index (χ1) is 11.6. The Kier molecular flexibility index (Phi) is 4.74. The van der Waals surface area contributed by atoms with Crippen LogP contribution in [-0.4, -0.2) is 12.7 Å². The highest BCUT2D eigenvalue weighted by atomic mass is 79.9. The second-order valence-corrected chi connectivity index (χ2v) is 6.15. The van der Waals surface area contributed by atoms with E-state index in [1.807, 2.05) is 6.07 Å². The Labute approximate surface area is 151 Å². The number of amides is 1. The van der Waals surface area contributed by atoms with Gasteiger partial charge in [-0.1, -0.05) is 33.6 Å². The lowest BCUT2D eigenvalue weighted by Crippen LogP contribution is -2.13. The van der Waals surface area contributed by atoms with Crippen LogP contribution >= 0.6 is 27.5 Å². The van der Waals surface area contributed by atoms with Crippen molar-refractivity contribution in [3.05, 3.63) is 57.0 Å². The number of carbonyl (C=O) groups excluding carboxylic acids is 1. The number of nitrogens with one attached hydrogen (secondary N) is 1. The molecule has 120 valence electrons. The van der Waals surface area contributed by atoms with E-state index in [2.05, 4.69) is 21.2 Å². The van der Waals surface area contributed by atoms with E-state index in [4.69, 9.17) is 21.1 Å². The van der Waals surface area contributed by atoms with Crippen LogP contribution in [0, 0.1) is 11.3 Å². The summed E-state index contributed by atoms with van der Waals surface area (Å²) in [5, 5.41) is 12.4. The van der Waals surface area contributed by atoms with Gasteiger partial charge in [0.25, 0.3) is 5.91 Å². The molecule has 1 aliphatic heterocycles. The number of anilines is 1. The van der Waals surface area contributed by atoms with Gasteiger partial charge in [-0.2, -0.15) is 5.26 Å². The number of nitrogens with zero attached hydrogens (tertiary/aromatic N) is 1. The number of nitriles is 1. The van der Waals surface area contributed by atoms with Crippen molar-refractivity contribution in [1.82, 2.24) is 0 Å². The lowest BCUT2D eigenvalue weighted by molar-refractivity contribution is -0.112. The maximum absolute atomic E-state index is 12.3. The van der Waals surface area contributed by atoms with Crippen molar-refractivity contribution < 1.29 is 14.3 Å². The normalized spacial score (nSPS) is 12.6. The van der Waals surface area contributed by atoms with Crippen molar-refractivity contribution in [3.8, 4) is 17.6 Å². The van der Waals surface area contributed by atoms with Gasteiger partial charge in [-0.05, 0) is 42.0 Å². The predicted molar refractivity (Wildman–Crippen MR) is 93.9 cm³/mol. The van der Waals surface area contributed by atoms with Crippen molar-refractivity contribution in [1.29, 1.82) is 5.26 Å². The fourth-order valence-electron chi connectivity index (χ4n) is 2.11. The van der Waals surface area contributed by atoms with Gasteiger partial charge >= 0.3 is 0 Å². The van der Waals surface area contributed by atoms with Gasteiger partial charge in [-0.15, -0.1) is 0 Å². The molecule has 0 aromatic heterocycles. The summed E-state index contributed by atoms with van der Waals surface area (Å²) in [6, 6.07) is 12.0. The van der Waals surface area contributed by atoms with E-state index in [0.717, 1.165) is 0 Å². The van der Waals surface area contributed by atoms with Gasteiger partial charge in [0, 0.05) is 15.2 Å². The molecule has 0 saturated carbocycles. The van der Waals surface area contributed by atoms with Gasteiger partial charge in [0.1, 0.15) is 11.6 Å². The number of fused-ring (bicyclic) bond motifs is 1. The quantitative estimate of drug-likeness (QED) is 0.608. The third kappa shape index (κ3) is 3.53. The molecule has 1 N–H and O–H groups in total. The first-order valence-electron chi connectivity index (χ1n) is 6.84. The number of benzene rings is 2. The maximum Gasteiger partial charge on any atom is 0.266 e. The zero-order valence-corrected chi connectivity index (χ0v) is 14.5. The van der Waals surface area contributed by atoms with E-state index in [-0.39, 0.29) is 12.4 Å². The molecule has 1 amide bonds. The Hall–Kier alpha value is -2.49. The lowest BCUT2D eigenvalue weighted by Gasteiger charge is -2.06. The van der Waals surface area contributed by atoms with Crippen LogP contribution in [0.15, 0.2) is 46.4 Å². The number of halogens is 2. The van der Waals surface area contributed by atoms with Crippen LogP contribution in [0.1, 0.15) is 5.56 Å². The van der Waals surface area contributed by atoms with Gasteiger partial charge in [0.15, 0.2) is 11.5 Å². The topological polar surface area (TPSA) is 71.3 Å². The molecule has 0 radical (unpaired) electrons. The van der Waals surface area contributed by atoms with Crippen molar-refractivity contribution in [2.24, 2.45) is 0 Å². The number of carbonyl (C=O) groups is 1. The van der Waals surface area contributed by atoms with E-state index in [1.165, 1.54) is 6.08 Å². The molecular weight excluding hydrogens is 396 g/mol. The third-order valence-electron chi connectivity index (χ3n) is 3.24. The molecule has 2 aromatic carbocycles. The van der Waals surface area contributed by atoms with Crippen LogP contribution < -0.4 is 14.8 Å². The third-order valence-corrected chi connectivity index (χ3v) is 4.16. The second-order valence-electron chi connectivity index (χ2n) is 4.86. The summed E-state index contributed by atoms with van der Waals surface area (Å²) < 4.78 is 11.3. The summed E-state index contributed by atoms with van der Waals surface area (Å²) in [7, 11) is 0. The first kappa shape index (κ1) is 16.4. The monoisotopic (exact) mass is 404 g/mol. The maximum atomic E-state index is 12.3. The molecule has 0 bridgehead atoms. The van der Waals surface area contributed by atoms with Gasteiger partial charge in [0.05, 0.1) is 0 Å². The largest absolute Gasteiger partial charge is 0.454 e. The standard InChI is InChI=1S/C17H10BrClN2O3/c18-14-7-16-15(23-9-24-16)5-10(14)4-11(8-20)17(22)21-13-3-1-2-12(19)6-13/h1-7H,9H2,(H,21,22)/b11-4+. The molecule has 5 nitrogen and oxygen atoms in total. The van der Waals surface area contributed by atoms with E-state index in [0.29, 0.717) is 32.2 Å². The SMILES string of the molecule is N#C/C(=C\c1cc2c(cc1Br)OCO2)C(=O)Nc1cccc(Cl)c1. The van der Waals surface area contributed by atoms with Gasteiger partial charge in [0.2, 0.25) is 6.79 Å². The minimum atomic E-state index is -0.524. The minimum absolute atomic E-state index is 0.0467. The van der Waals surface area contributed by atoms with Gasteiger partial charge in [-0.3, -0.25) is 4.79 Å². The molecule has 0 unspecified atom stereocenters. The Morgan fingerprint density at radius 3 is 2.75 bits per heavy atom. The van der Waals surface area contributed by atoms with Crippen LogP contribution in [0.3, 0.4) is 0 Å². The van der Waals surface area contributed by atoms with Crippen molar-refractivity contribution in [3.63, 3.8) is 0 Å². The summed E-state index contributed by atoms with van der Waals surface area (Å²) in [6.07, 6.45) is 1.48. The number of rotatable bonds is 3. The smallest absolute Gasteiger partial charge is 0.266 e. The summed E-state index contributed by atoms with van der Waals surface area (Å²) in [4.78, 5) is 12.3. The van der Waals surface area contributed by atoms with Crippen molar-refractivity contribution >= 4 is 45.2 Å². The molecule has 1 aliphatic rings. The molecule has 2 aromatic rings. The summed E-state index contributed by atoms with van der Waals surface area (Å²) in [5.41, 5.74) is 1.10. The molecule has 0 aliphatic carbocycles. The van der Waals surface area contributed by atoms with Crippen LogP contribution in [0.2, 0.25) is 5.02 Å². The summed E-state index contributed by atoms with van der Waals surface area (Å²) in [5.74, 6) is 0.655. The van der Waals surface area contributed by atoms with E-state index in [9.17, 15) is 10.1 Å². The Morgan fingerprint density at radius 2 is 2.04 bits per heavy atom. The molecule has 0 fully saturated rings. The predicted octanol–water partition coefficient (Wildman–Crippen LogP) is 4.38. The molecule has 7 heteroatoms. The highest BCUT2D eigenvalue weighted by Crippen LogP contribution is 2.37. The Balaban J connectivity index is 1.87. The molecule has 0 atom stereocenters. The average Bonchev–Trinajstić information content (AvgIpc) is 2.99. The zero-order valence-electron chi connectivity index (χ0n) is 12.2. The minimum Gasteiger partial charge on any atom is -0.454 e. The highest BCUT2D eigenvalue weighted by molar-refractivity contribution is 9.10. The van der Waals surface area contributed by atoms with Crippen LogP contribution in [0.25, 0.3) is 6.08 Å². The van der Waals surface area contributed by atoms with E-state index >= 15 is 0 Å². The second kappa shape index (κ2) is 6.95. The molecule has 3 rings (SSSR count). The fraction of sp³-hybridized carbons (Fsp3) is 0.0588. The summed E-state index contributed by atoms with van der Waals surface area (Å²) >= 11 is 9.28. The Bertz CT molecular complexity index is 890. The first-order valence-corrected chi connectivity index (χ1v) is 8.02. The van der Waals surface area contributed by atoms with Crippen LogP contribution in [-0.2, 0) is 4.79 Å². The number of hydrogen-bond acceptors (Lipinski definition) is 4. The van der Waals surface area contributed by atoms with Crippen molar-refractivity contribution in [2.45, 2.75) is 0 Å². The fourth-order valence-corrected chi connectivity index (χ4v) is 2.74. The molecule has 24 heavy (non-hydrogen) atoms.